The Morgan fingerprint density at radius 1 is 1.09 bits per heavy atom. The third-order valence-corrected chi connectivity index (χ3v) is 5.24. The third-order valence-electron chi connectivity index (χ3n) is 5.24. The van der Waals surface area contributed by atoms with Gasteiger partial charge in [-0.25, -0.2) is 15.0 Å². The van der Waals surface area contributed by atoms with E-state index in [1.807, 2.05) is 6.33 Å². The predicted molar refractivity (Wildman–Crippen MR) is 88.1 cm³/mol. The first-order valence-electron chi connectivity index (χ1n) is 8.71. The maximum absolute atomic E-state index is 4.59. The summed E-state index contributed by atoms with van der Waals surface area (Å²) >= 11 is 0. The monoisotopic (exact) mass is 299 g/mol. The lowest BCUT2D eigenvalue weighted by atomic mass is 9.87. The number of fused-ring (bicyclic) bond motifs is 1. The van der Waals surface area contributed by atoms with Crippen LogP contribution in [0.15, 0.2) is 12.7 Å². The zero-order chi connectivity index (χ0) is 14.9. The molecule has 0 radical (unpaired) electrons. The summed E-state index contributed by atoms with van der Waals surface area (Å²) in [6.45, 7) is 1.06. The molecule has 0 saturated heterocycles. The third kappa shape index (κ3) is 2.69. The highest BCUT2D eigenvalue weighted by atomic mass is 15.2. The zero-order valence-corrected chi connectivity index (χ0v) is 13.4. The van der Waals surface area contributed by atoms with Gasteiger partial charge in [0, 0.05) is 19.6 Å². The number of aromatic nitrogens is 4. The van der Waals surface area contributed by atoms with E-state index in [1.165, 1.54) is 51.4 Å². The fourth-order valence-corrected chi connectivity index (χ4v) is 3.70. The van der Waals surface area contributed by atoms with Gasteiger partial charge in [0.2, 0.25) is 0 Å². The van der Waals surface area contributed by atoms with Gasteiger partial charge in [0.25, 0.3) is 0 Å². The van der Waals surface area contributed by atoms with Gasteiger partial charge in [0.15, 0.2) is 17.0 Å². The maximum atomic E-state index is 4.59. The average molecular weight is 299 g/mol. The van der Waals surface area contributed by atoms with Crippen molar-refractivity contribution in [2.45, 2.75) is 57.4 Å². The van der Waals surface area contributed by atoms with Gasteiger partial charge in [-0.05, 0) is 25.2 Å². The van der Waals surface area contributed by atoms with Crippen molar-refractivity contribution in [1.82, 2.24) is 19.5 Å². The highest BCUT2D eigenvalue weighted by molar-refractivity contribution is 5.83. The molecule has 22 heavy (non-hydrogen) atoms. The average Bonchev–Trinajstić information content (AvgIpc) is 3.32. The molecule has 0 N–H and O–H groups in total. The van der Waals surface area contributed by atoms with Crippen LogP contribution in [0.2, 0.25) is 0 Å². The number of imidazole rings is 1. The van der Waals surface area contributed by atoms with E-state index < -0.39 is 0 Å². The second kappa shape index (κ2) is 5.86. The lowest BCUT2D eigenvalue weighted by Gasteiger charge is -2.25. The molecular formula is C17H25N5. The van der Waals surface area contributed by atoms with E-state index in [0.717, 1.165) is 29.4 Å². The number of anilines is 1. The van der Waals surface area contributed by atoms with Crippen molar-refractivity contribution in [1.29, 1.82) is 0 Å². The first-order chi connectivity index (χ1) is 10.8. The fraction of sp³-hybridized carbons (Fsp3) is 0.706. The molecule has 5 nitrogen and oxygen atoms in total. The Morgan fingerprint density at radius 3 is 2.68 bits per heavy atom. The smallest absolute Gasteiger partial charge is 0.165 e. The molecule has 2 aliphatic rings. The summed E-state index contributed by atoms with van der Waals surface area (Å²) in [6, 6.07) is 0.611. The summed E-state index contributed by atoms with van der Waals surface area (Å²) in [4.78, 5) is 15.8. The van der Waals surface area contributed by atoms with E-state index in [4.69, 9.17) is 0 Å². The summed E-state index contributed by atoms with van der Waals surface area (Å²) in [7, 11) is 2.14. The molecule has 0 amide bonds. The van der Waals surface area contributed by atoms with Crippen LogP contribution in [0.1, 0.15) is 57.4 Å². The van der Waals surface area contributed by atoms with Gasteiger partial charge in [0.1, 0.15) is 6.33 Å². The SMILES string of the molecule is CN(CCC1CCCCC1)c1ncnc2c1ncn2C1CC1. The molecule has 5 heteroatoms. The normalized spacial score (nSPS) is 19.7. The van der Waals surface area contributed by atoms with Crippen molar-refractivity contribution in [2.75, 3.05) is 18.5 Å². The first-order valence-corrected chi connectivity index (χ1v) is 8.71. The van der Waals surface area contributed by atoms with Gasteiger partial charge in [-0.15, -0.1) is 0 Å². The Morgan fingerprint density at radius 2 is 1.91 bits per heavy atom. The molecule has 2 fully saturated rings. The Bertz CT molecular complexity index is 640. The molecule has 0 atom stereocenters. The highest BCUT2D eigenvalue weighted by Gasteiger charge is 2.26. The predicted octanol–water partition coefficient (Wildman–Crippen LogP) is 3.57. The van der Waals surface area contributed by atoms with Crippen LogP contribution in [0.5, 0.6) is 0 Å². The summed E-state index contributed by atoms with van der Waals surface area (Å²) < 4.78 is 2.22. The molecule has 2 aliphatic carbocycles. The first kappa shape index (κ1) is 14.0. The molecule has 2 heterocycles. The Hall–Kier alpha value is -1.65. The Balaban J connectivity index is 1.49. The molecular weight excluding hydrogens is 274 g/mol. The summed E-state index contributed by atoms with van der Waals surface area (Å²) in [6.07, 6.45) is 14.5. The molecule has 2 aromatic heterocycles. The van der Waals surface area contributed by atoms with Crippen molar-refractivity contribution in [2.24, 2.45) is 5.92 Å². The van der Waals surface area contributed by atoms with Crippen LogP contribution in [0.25, 0.3) is 11.2 Å². The number of hydrogen-bond acceptors (Lipinski definition) is 4. The summed E-state index contributed by atoms with van der Waals surface area (Å²) in [5, 5.41) is 0. The van der Waals surface area contributed by atoms with Crippen LogP contribution >= 0.6 is 0 Å². The summed E-state index contributed by atoms with van der Waals surface area (Å²) in [5.41, 5.74) is 1.96. The van der Waals surface area contributed by atoms with Gasteiger partial charge in [-0.3, -0.25) is 0 Å². The van der Waals surface area contributed by atoms with Gasteiger partial charge in [0.05, 0.1) is 6.33 Å². The fourth-order valence-electron chi connectivity index (χ4n) is 3.70. The lowest BCUT2D eigenvalue weighted by Crippen LogP contribution is -2.23. The minimum atomic E-state index is 0.611. The zero-order valence-electron chi connectivity index (χ0n) is 13.4. The second-order valence-electron chi connectivity index (χ2n) is 6.97. The van der Waals surface area contributed by atoms with Gasteiger partial charge >= 0.3 is 0 Å². The maximum Gasteiger partial charge on any atom is 0.165 e. The Kier molecular flexibility index (Phi) is 3.72. The Labute approximate surface area is 131 Å². The minimum Gasteiger partial charge on any atom is -0.358 e. The van der Waals surface area contributed by atoms with Gasteiger partial charge in [-0.1, -0.05) is 32.1 Å². The highest BCUT2D eigenvalue weighted by Crippen LogP contribution is 2.37. The molecule has 0 aliphatic heterocycles. The molecule has 0 spiro atoms. The van der Waals surface area contributed by atoms with E-state index in [0.29, 0.717) is 6.04 Å². The number of nitrogens with zero attached hydrogens (tertiary/aromatic N) is 5. The molecule has 118 valence electrons. The van der Waals surface area contributed by atoms with Crippen LogP contribution in [0.4, 0.5) is 5.82 Å². The molecule has 2 saturated carbocycles. The topological polar surface area (TPSA) is 46.8 Å². The van der Waals surface area contributed by atoms with E-state index in [2.05, 4.69) is 31.5 Å². The van der Waals surface area contributed by atoms with Crippen LogP contribution < -0.4 is 4.90 Å². The number of hydrogen-bond donors (Lipinski definition) is 0. The number of rotatable bonds is 5. The van der Waals surface area contributed by atoms with E-state index in [-0.39, 0.29) is 0 Å². The van der Waals surface area contributed by atoms with Crippen molar-refractivity contribution in [3.63, 3.8) is 0 Å². The molecule has 0 unspecified atom stereocenters. The van der Waals surface area contributed by atoms with Crippen molar-refractivity contribution >= 4 is 17.0 Å². The van der Waals surface area contributed by atoms with Gasteiger partial charge in [-0.2, -0.15) is 0 Å². The standard InChI is InChI=1S/C17H25N5/c1-21(10-9-13-5-3-2-4-6-13)16-15-17(19-11-18-16)22(12-20-15)14-7-8-14/h11-14H,2-10H2,1H3. The second-order valence-corrected chi connectivity index (χ2v) is 6.97. The minimum absolute atomic E-state index is 0.611. The van der Waals surface area contributed by atoms with E-state index in [1.54, 1.807) is 6.33 Å². The van der Waals surface area contributed by atoms with Gasteiger partial charge < -0.3 is 9.47 Å². The van der Waals surface area contributed by atoms with Crippen LogP contribution in [-0.4, -0.2) is 33.1 Å². The van der Waals surface area contributed by atoms with E-state index in [9.17, 15) is 0 Å². The van der Waals surface area contributed by atoms with Crippen molar-refractivity contribution in [3.8, 4) is 0 Å². The quantitative estimate of drug-likeness (QED) is 0.847. The van der Waals surface area contributed by atoms with Crippen LogP contribution in [0.3, 0.4) is 0 Å². The van der Waals surface area contributed by atoms with Crippen LogP contribution in [0, 0.1) is 5.92 Å². The molecule has 0 bridgehead atoms. The molecule has 2 aromatic rings. The van der Waals surface area contributed by atoms with Crippen molar-refractivity contribution in [3.05, 3.63) is 12.7 Å². The largest absolute Gasteiger partial charge is 0.358 e. The van der Waals surface area contributed by atoms with Crippen molar-refractivity contribution < 1.29 is 0 Å². The molecule has 4 rings (SSSR count). The van der Waals surface area contributed by atoms with Crippen LogP contribution in [-0.2, 0) is 0 Å². The summed E-state index contributed by atoms with van der Waals surface area (Å²) in [5.74, 6) is 1.89. The molecule has 0 aromatic carbocycles. The van der Waals surface area contributed by atoms with E-state index >= 15 is 0 Å². The lowest BCUT2D eigenvalue weighted by molar-refractivity contribution is 0.341.